The van der Waals surface area contributed by atoms with Crippen LogP contribution in [0, 0.1) is 0 Å². The molecule has 94 valence electrons. The average molecular weight is 236 g/mol. The molecule has 1 aromatic rings. The second kappa shape index (κ2) is 4.53. The van der Waals surface area contributed by atoms with Crippen LogP contribution in [0.15, 0.2) is 12.5 Å². The number of hydrogen-bond donors (Lipinski definition) is 0. The lowest BCUT2D eigenvalue weighted by molar-refractivity contribution is -0.121. The topological polar surface area (TPSA) is 52.1 Å². The number of rotatable bonds is 4. The van der Waals surface area contributed by atoms with Crippen LogP contribution in [0.4, 0.5) is 0 Å². The summed E-state index contributed by atoms with van der Waals surface area (Å²) in [4.78, 5) is 20.0. The van der Waals surface area contributed by atoms with E-state index in [-0.39, 0.29) is 5.78 Å². The van der Waals surface area contributed by atoms with Gasteiger partial charge in [0.1, 0.15) is 12.1 Å². The van der Waals surface area contributed by atoms with E-state index in [4.69, 9.17) is 4.74 Å². The second-order valence-corrected chi connectivity index (χ2v) is 5.18. The van der Waals surface area contributed by atoms with Crippen LogP contribution in [-0.4, -0.2) is 22.9 Å². The van der Waals surface area contributed by atoms with Crippen molar-refractivity contribution in [2.24, 2.45) is 0 Å². The molecule has 4 nitrogen and oxygen atoms in total. The lowest BCUT2D eigenvalue weighted by atomic mass is 9.79. The number of aromatic nitrogens is 2. The third kappa shape index (κ3) is 2.52. The molecule has 0 amide bonds. The number of nitrogens with zero attached hydrogens (tertiary/aromatic N) is 2. The summed E-state index contributed by atoms with van der Waals surface area (Å²) in [7, 11) is 1.64. The van der Waals surface area contributed by atoms with E-state index in [1.165, 1.54) is 6.33 Å². The second-order valence-electron chi connectivity index (χ2n) is 5.18. The van der Waals surface area contributed by atoms with E-state index in [9.17, 15) is 4.79 Å². The van der Waals surface area contributed by atoms with E-state index >= 15 is 0 Å². The molecule has 0 bridgehead atoms. The van der Waals surface area contributed by atoms with Crippen molar-refractivity contribution in [2.45, 2.75) is 45.6 Å². The maximum absolute atomic E-state index is 11.7. The predicted octanol–water partition coefficient (Wildman–Crippen LogP) is 2.22. The Kier molecular flexibility index (Phi) is 3.67. The molecule has 0 aliphatic rings. The molecule has 17 heavy (non-hydrogen) atoms. The molecule has 0 unspecified atom stereocenters. The molecule has 0 aliphatic heterocycles. The molecule has 0 atom stereocenters. The Morgan fingerprint density at radius 2 is 1.88 bits per heavy atom. The minimum atomic E-state index is -0.631. The number of Topliss-reactive ketones (excluding diaryl/α,β-unsaturated/α-hetero) is 1. The number of carbonyl (C=O) groups excluding carboxylic acids is 1. The van der Waals surface area contributed by atoms with Gasteiger partial charge in [-0.05, 0) is 34.6 Å². The van der Waals surface area contributed by atoms with Gasteiger partial charge in [-0.2, -0.15) is 0 Å². The number of ketones is 1. The molecule has 0 fully saturated rings. The minimum absolute atomic E-state index is 0.0735. The smallest absolute Gasteiger partial charge is 0.141 e. The van der Waals surface area contributed by atoms with Crippen molar-refractivity contribution < 1.29 is 9.53 Å². The van der Waals surface area contributed by atoms with Gasteiger partial charge in [0.25, 0.3) is 0 Å². The van der Waals surface area contributed by atoms with Gasteiger partial charge < -0.3 is 4.74 Å². The zero-order chi connectivity index (χ0) is 13.3. The Hall–Kier alpha value is -1.29. The normalized spacial score (nSPS) is 12.6. The summed E-state index contributed by atoms with van der Waals surface area (Å²) < 4.78 is 5.45. The molecule has 1 aromatic heterocycles. The van der Waals surface area contributed by atoms with Gasteiger partial charge in [-0.25, -0.2) is 9.97 Å². The zero-order valence-corrected chi connectivity index (χ0v) is 11.4. The van der Waals surface area contributed by atoms with E-state index in [1.54, 1.807) is 20.2 Å². The predicted molar refractivity (Wildman–Crippen MR) is 65.8 cm³/mol. The van der Waals surface area contributed by atoms with E-state index in [0.29, 0.717) is 0 Å². The largest absolute Gasteiger partial charge is 0.374 e. The van der Waals surface area contributed by atoms with Gasteiger partial charge in [-0.3, -0.25) is 4.79 Å². The monoisotopic (exact) mass is 236 g/mol. The summed E-state index contributed by atoms with van der Waals surface area (Å²) in [5.74, 6) is 0.0735. The Bertz CT molecular complexity index is 425. The van der Waals surface area contributed by atoms with Gasteiger partial charge in [-0.1, -0.05) is 0 Å². The fourth-order valence-corrected chi connectivity index (χ4v) is 1.54. The Morgan fingerprint density at radius 3 is 2.35 bits per heavy atom. The first kappa shape index (κ1) is 13.8. The van der Waals surface area contributed by atoms with Crippen molar-refractivity contribution in [3.63, 3.8) is 0 Å². The fraction of sp³-hybridized carbons (Fsp3) is 0.615. The van der Waals surface area contributed by atoms with Crippen molar-refractivity contribution in [1.82, 2.24) is 9.97 Å². The molecule has 0 saturated carbocycles. The number of ether oxygens (including phenoxy) is 1. The molecule has 1 rings (SSSR count). The third-order valence-corrected chi connectivity index (χ3v) is 3.34. The van der Waals surface area contributed by atoms with Crippen LogP contribution in [-0.2, 0) is 20.5 Å². The van der Waals surface area contributed by atoms with E-state index in [2.05, 4.69) is 9.97 Å². The van der Waals surface area contributed by atoms with Crippen LogP contribution in [0.2, 0.25) is 0 Å². The van der Waals surface area contributed by atoms with Crippen LogP contribution in [0.5, 0.6) is 0 Å². The highest BCUT2D eigenvalue weighted by molar-refractivity contribution is 5.86. The highest BCUT2D eigenvalue weighted by Gasteiger charge is 2.35. The van der Waals surface area contributed by atoms with Gasteiger partial charge in [0, 0.05) is 18.9 Å². The maximum atomic E-state index is 11.7. The first-order valence-electron chi connectivity index (χ1n) is 5.60. The van der Waals surface area contributed by atoms with Gasteiger partial charge in [0.15, 0.2) is 0 Å². The van der Waals surface area contributed by atoms with Crippen molar-refractivity contribution >= 4 is 5.78 Å². The van der Waals surface area contributed by atoms with Crippen molar-refractivity contribution in [2.75, 3.05) is 7.11 Å². The van der Waals surface area contributed by atoms with Crippen molar-refractivity contribution in [1.29, 1.82) is 0 Å². The van der Waals surface area contributed by atoms with Crippen LogP contribution in [0.3, 0.4) is 0 Å². The Morgan fingerprint density at radius 1 is 1.29 bits per heavy atom. The lowest BCUT2D eigenvalue weighted by Gasteiger charge is -2.30. The van der Waals surface area contributed by atoms with Crippen LogP contribution in [0.1, 0.15) is 45.9 Å². The summed E-state index contributed by atoms with van der Waals surface area (Å²) in [6.45, 7) is 9.18. The van der Waals surface area contributed by atoms with E-state index < -0.39 is 11.0 Å². The molecule has 0 aromatic carbocycles. The average Bonchev–Trinajstić information content (AvgIpc) is 2.29. The summed E-state index contributed by atoms with van der Waals surface area (Å²) >= 11 is 0. The summed E-state index contributed by atoms with van der Waals surface area (Å²) in [6, 6.07) is 0. The highest BCUT2D eigenvalue weighted by atomic mass is 16.5. The fourth-order valence-electron chi connectivity index (χ4n) is 1.54. The van der Waals surface area contributed by atoms with Crippen molar-refractivity contribution in [3.8, 4) is 0 Å². The van der Waals surface area contributed by atoms with Gasteiger partial charge in [0.2, 0.25) is 0 Å². The van der Waals surface area contributed by atoms with Crippen LogP contribution < -0.4 is 0 Å². The van der Waals surface area contributed by atoms with Crippen molar-refractivity contribution in [3.05, 3.63) is 23.8 Å². The molecule has 0 spiro atoms. The summed E-state index contributed by atoms with van der Waals surface area (Å²) in [6.07, 6.45) is 3.19. The lowest BCUT2D eigenvalue weighted by Crippen LogP contribution is -2.33. The minimum Gasteiger partial charge on any atom is -0.374 e. The molecule has 0 aliphatic carbocycles. The third-order valence-electron chi connectivity index (χ3n) is 3.34. The molecule has 0 saturated heterocycles. The quantitative estimate of drug-likeness (QED) is 0.804. The first-order valence-corrected chi connectivity index (χ1v) is 5.60. The molecular weight excluding hydrogens is 216 g/mol. The molecule has 1 heterocycles. The van der Waals surface area contributed by atoms with E-state index in [0.717, 1.165) is 11.3 Å². The Labute approximate surface area is 102 Å². The molecule has 0 N–H and O–H groups in total. The molecular formula is C13H20N2O2. The van der Waals surface area contributed by atoms with Gasteiger partial charge in [0.05, 0.1) is 16.7 Å². The number of methoxy groups -OCH3 is 1. The SMILES string of the molecule is COC(C)(C)c1cncnc1C(C)(C)C(C)=O. The number of hydrogen-bond acceptors (Lipinski definition) is 4. The number of carbonyl (C=O) groups is 1. The van der Waals surface area contributed by atoms with Crippen LogP contribution in [0.25, 0.3) is 0 Å². The first-order chi connectivity index (χ1) is 7.73. The summed E-state index contributed by atoms with van der Waals surface area (Å²) in [5, 5.41) is 0. The van der Waals surface area contributed by atoms with Gasteiger partial charge in [-0.15, -0.1) is 0 Å². The van der Waals surface area contributed by atoms with Crippen LogP contribution >= 0.6 is 0 Å². The zero-order valence-electron chi connectivity index (χ0n) is 11.4. The molecule has 4 heteroatoms. The molecule has 0 radical (unpaired) electrons. The highest BCUT2D eigenvalue weighted by Crippen LogP contribution is 2.32. The Balaban J connectivity index is 3.41. The van der Waals surface area contributed by atoms with E-state index in [1.807, 2.05) is 27.7 Å². The summed E-state index contributed by atoms with van der Waals surface area (Å²) in [5.41, 5.74) is 0.437. The standard InChI is InChI=1S/C13H20N2O2/c1-9(16)12(2,3)11-10(7-14-8-15-11)13(4,5)17-6/h7-8H,1-6H3. The maximum Gasteiger partial charge on any atom is 0.141 e. The van der Waals surface area contributed by atoms with Gasteiger partial charge >= 0.3 is 0 Å².